The lowest BCUT2D eigenvalue weighted by molar-refractivity contribution is -0.0516. The minimum Gasteiger partial charge on any atom is -0.478 e. The first-order valence-electron chi connectivity index (χ1n) is 9.25. The van der Waals surface area contributed by atoms with Gasteiger partial charge in [0.2, 0.25) is 0 Å². The summed E-state index contributed by atoms with van der Waals surface area (Å²) in [7, 11) is 0. The van der Waals surface area contributed by atoms with Crippen LogP contribution < -0.4 is 10.1 Å². The smallest absolute Gasteiger partial charge is 0.387 e. The van der Waals surface area contributed by atoms with Gasteiger partial charge in [-0.3, -0.25) is 0 Å². The summed E-state index contributed by atoms with van der Waals surface area (Å²) in [6.45, 7) is -0.359. The van der Waals surface area contributed by atoms with Gasteiger partial charge in [0, 0.05) is 23.8 Å². The van der Waals surface area contributed by atoms with Crippen LogP contribution >= 0.6 is 0 Å². The van der Waals surface area contributed by atoms with E-state index in [1.165, 1.54) is 6.07 Å². The monoisotopic (exact) mass is 389 g/mol. The third-order valence-corrected chi connectivity index (χ3v) is 5.51. The lowest BCUT2D eigenvalue weighted by atomic mass is 9.76. The van der Waals surface area contributed by atoms with E-state index >= 15 is 0 Å². The van der Waals surface area contributed by atoms with Crippen molar-refractivity contribution in [1.29, 1.82) is 0 Å². The summed E-state index contributed by atoms with van der Waals surface area (Å²) in [5.41, 5.74) is 3.80. The first kappa shape index (κ1) is 18.7. The molecule has 7 heteroatoms. The highest BCUT2D eigenvalue weighted by molar-refractivity contribution is 5.88. The second-order valence-corrected chi connectivity index (χ2v) is 7.22. The maximum atomic E-state index is 12.6. The van der Waals surface area contributed by atoms with E-state index in [0.717, 1.165) is 35.2 Å². The van der Waals surface area contributed by atoms with Crippen molar-refractivity contribution in [1.82, 2.24) is 0 Å². The number of carbonyl (C=O) groups is 1. The van der Waals surface area contributed by atoms with E-state index in [9.17, 15) is 18.7 Å². The summed E-state index contributed by atoms with van der Waals surface area (Å²) < 4.78 is 35.8. The summed E-state index contributed by atoms with van der Waals surface area (Å²) >= 11 is 0. The van der Waals surface area contributed by atoms with Gasteiger partial charge in [-0.15, -0.1) is 0 Å². The Hall–Kier alpha value is -2.67. The highest BCUT2D eigenvalue weighted by atomic mass is 19.3. The number of carboxylic acids is 1. The molecule has 2 aliphatic rings. The normalized spacial score (nSPS) is 23.5. The van der Waals surface area contributed by atoms with Crippen LogP contribution in [0.5, 0.6) is 5.75 Å². The van der Waals surface area contributed by atoms with E-state index in [2.05, 4.69) is 10.1 Å². The van der Waals surface area contributed by atoms with E-state index in [4.69, 9.17) is 4.74 Å². The molecule has 0 radical (unpaired) electrons. The van der Waals surface area contributed by atoms with E-state index < -0.39 is 12.6 Å². The molecule has 2 aliphatic heterocycles. The molecule has 0 saturated carbocycles. The Kier molecular flexibility index (Phi) is 4.93. The van der Waals surface area contributed by atoms with E-state index in [0.29, 0.717) is 6.61 Å². The van der Waals surface area contributed by atoms with Crippen LogP contribution in [0, 0.1) is 12.8 Å². The van der Waals surface area contributed by atoms with Crippen molar-refractivity contribution in [2.24, 2.45) is 5.92 Å². The lowest BCUT2D eigenvalue weighted by Crippen LogP contribution is -2.36. The van der Waals surface area contributed by atoms with Gasteiger partial charge in [-0.05, 0) is 61.2 Å². The standard InChI is InChI=1S/C21H21F2NO4/c1-11-9-12(20(25)26)4-6-14(11)18-15-3-2-8-27-19(15)16-10-13(28-21(22)23)5-7-17(16)24-18/h4-7,9-10,15,18-19,21,24H,2-3,8H2,1H3,(H,25,26)/t15-,18-,19-/m1/s1. The number of carboxylic acid groups (broad SMARTS) is 1. The molecule has 0 aliphatic carbocycles. The summed E-state index contributed by atoms with van der Waals surface area (Å²) in [6, 6.07) is 9.94. The average molecular weight is 389 g/mol. The van der Waals surface area contributed by atoms with Gasteiger partial charge >= 0.3 is 12.6 Å². The molecule has 148 valence electrons. The van der Waals surface area contributed by atoms with Crippen LogP contribution in [-0.4, -0.2) is 24.3 Å². The maximum absolute atomic E-state index is 12.6. The number of ether oxygens (including phenoxy) is 2. The number of hydrogen-bond acceptors (Lipinski definition) is 4. The predicted molar refractivity (Wildman–Crippen MR) is 99.0 cm³/mol. The molecular weight excluding hydrogens is 368 g/mol. The first-order chi connectivity index (χ1) is 13.4. The molecule has 3 atom stereocenters. The number of alkyl halides is 2. The highest BCUT2D eigenvalue weighted by Crippen LogP contribution is 2.50. The van der Waals surface area contributed by atoms with Gasteiger partial charge in [-0.25, -0.2) is 4.79 Å². The van der Waals surface area contributed by atoms with E-state index in [-0.39, 0.29) is 29.4 Å². The summed E-state index contributed by atoms with van der Waals surface area (Å²) in [6.07, 6.45) is 1.60. The number of nitrogens with one attached hydrogen (secondary N) is 1. The minimum atomic E-state index is -2.87. The molecule has 0 unspecified atom stereocenters. The number of anilines is 1. The lowest BCUT2D eigenvalue weighted by Gasteiger charge is -2.43. The van der Waals surface area contributed by atoms with Crippen LogP contribution in [0.25, 0.3) is 0 Å². The van der Waals surface area contributed by atoms with Crippen LogP contribution in [0.3, 0.4) is 0 Å². The fourth-order valence-corrected chi connectivity index (χ4v) is 4.29. The topological polar surface area (TPSA) is 67.8 Å². The zero-order valence-corrected chi connectivity index (χ0v) is 15.3. The molecule has 1 saturated heterocycles. The quantitative estimate of drug-likeness (QED) is 0.776. The van der Waals surface area contributed by atoms with Crippen LogP contribution in [0.2, 0.25) is 0 Å². The molecule has 1 fully saturated rings. The number of benzene rings is 2. The predicted octanol–water partition coefficient (Wildman–Crippen LogP) is 4.93. The van der Waals surface area contributed by atoms with Gasteiger partial charge in [0.1, 0.15) is 5.75 Å². The Bertz CT molecular complexity index is 902. The van der Waals surface area contributed by atoms with Crippen molar-refractivity contribution in [3.05, 3.63) is 58.7 Å². The molecule has 0 bridgehead atoms. The molecule has 2 aromatic rings. The third-order valence-electron chi connectivity index (χ3n) is 5.51. The Balaban J connectivity index is 1.72. The Morgan fingerprint density at radius 3 is 2.79 bits per heavy atom. The van der Waals surface area contributed by atoms with Gasteiger partial charge < -0.3 is 19.9 Å². The zero-order valence-electron chi connectivity index (χ0n) is 15.3. The van der Waals surface area contributed by atoms with Crippen LogP contribution in [0.4, 0.5) is 14.5 Å². The molecule has 0 aromatic heterocycles. The van der Waals surface area contributed by atoms with Crippen molar-refractivity contribution in [2.75, 3.05) is 11.9 Å². The van der Waals surface area contributed by atoms with Crippen molar-refractivity contribution < 1.29 is 28.2 Å². The van der Waals surface area contributed by atoms with Gasteiger partial charge in [0.05, 0.1) is 17.7 Å². The van der Waals surface area contributed by atoms with Crippen LogP contribution in [0.1, 0.15) is 52.0 Å². The SMILES string of the molecule is Cc1cc(C(=O)O)ccc1[C@H]1Nc2ccc(OC(F)F)cc2[C@@H]2OCCC[C@H]12. The van der Waals surface area contributed by atoms with Gasteiger partial charge in [-0.2, -0.15) is 8.78 Å². The van der Waals surface area contributed by atoms with Gasteiger partial charge in [0.15, 0.2) is 0 Å². The summed E-state index contributed by atoms with van der Waals surface area (Å²) in [5, 5.41) is 12.7. The Morgan fingerprint density at radius 1 is 1.25 bits per heavy atom. The molecule has 0 amide bonds. The largest absolute Gasteiger partial charge is 0.478 e. The Morgan fingerprint density at radius 2 is 2.07 bits per heavy atom. The summed E-state index contributed by atoms with van der Waals surface area (Å²) in [4.78, 5) is 11.2. The number of halogens is 2. The summed E-state index contributed by atoms with van der Waals surface area (Å²) in [5.74, 6) is -0.733. The first-order valence-corrected chi connectivity index (χ1v) is 9.25. The second kappa shape index (κ2) is 7.39. The fourth-order valence-electron chi connectivity index (χ4n) is 4.29. The van der Waals surface area contributed by atoms with Crippen molar-refractivity contribution in [3.63, 3.8) is 0 Å². The van der Waals surface area contributed by atoms with Crippen molar-refractivity contribution in [3.8, 4) is 5.75 Å². The Labute approximate surface area is 161 Å². The number of hydrogen-bond donors (Lipinski definition) is 2. The molecule has 2 heterocycles. The zero-order chi connectivity index (χ0) is 19.8. The molecule has 4 rings (SSSR count). The fraction of sp³-hybridized carbons (Fsp3) is 0.381. The van der Waals surface area contributed by atoms with E-state index in [1.807, 2.05) is 13.0 Å². The number of aromatic carboxylic acids is 1. The molecule has 2 aromatic carbocycles. The number of fused-ring (bicyclic) bond motifs is 3. The molecular formula is C21H21F2NO4. The van der Waals surface area contributed by atoms with Crippen molar-refractivity contribution >= 4 is 11.7 Å². The van der Waals surface area contributed by atoms with Crippen LogP contribution in [0.15, 0.2) is 36.4 Å². The molecule has 5 nitrogen and oxygen atoms in total. The average Bonchev–Trinajstić information content (AvgIpc) is 2.67. The second-order valence-electron chi connectivity index (χ2n) is 7.22. The minimum absolute atomic E-state index is 0.0532. The third kappa shape index (κ3) is 3.42. The van der Waals surface area contributed by atoms with E-state index in [1.54, 1.807) is 24.3 Å². The molecule has 0 spiro atoms. The maximum Gasteiger partial charge on any atom is 0.387 e. The molecule has 2 N–H and O–H groups in total. The highest BCUT2D eigenvalue weighted by Gasteiger charge is 2.40. The van der Waals surface area contributed by atoms with Crippen molar-refractivity contribution in [2.45, 2.75) is 38.5 Å². The van der Waals surface area contributed by atoms with Gasteiger partial charge in [0.25, 0.3) is 0 Å². The van der Waals surface area contributed by atoms with Crippen LogP contribution in [-0.2, 0) is 4.74 Å². The number of rotatable bonds is 4. The molecule has 28 heavy (non-hydrogen) atoms. The number of aryl methyl sites for hydroxylation is 1. The van der Waals surface area contributed by atoms with Gasteiger partial charge in [-0.1, -0.05) is 6.07 Å².